The van der Waals surface area contributed by atoms with Crippen LogP contribution in [0.5, 0.6) is 0 Å². The summed E-state index contributed by atoms with van der Waals surface area (Å²) < 4.78 is 22.8. The Morgan fingerprint density at radius 3 is 1.37 bits per heavy atom. The van der Waals surface area contributed by atoms with Crippen LogP contribution >= 0.6 is 0 Å². The van der Waals surface area contributed by atoms with Crippen LogP contribution in [0.25, 0.3) is 0 Å². The summed E-state index contributed by atoms with van der Waals surface area (Å²) in [5.41, 5.74) is 0. The Morgan fingerprint density at radius 1 is 0.500 bits per heavy atom. The lowest BCUT2D eigenvalue weighted by molar-refractivity contribution is -0.870. The molecule has 0 saturated heterocycles. The van der Waals surface area contributed by atoms with Gasteiger partial charge in [0, 0.05) is 12.8 Å². The second kappa shape index (κ2) is 44.6. The van der Waals surface area contributed by atoms with E-state index >= 15 is 0 Å². The van der Waals surface area contributed by atoms with Gasteiger partial charge < -0.3 is 28.5 Å². The van der Waals surface area contributed by atoms with E-state index in [1.54, 1.807) is 0 Å². The van der Waals surface area contributed by atoms with Crippen LogP contribution < -0.4 is 0 Å². The fourth-order valence-corrected chi connectivity index (χ4v) is 6.69. The minimum absolute atomic E-state index is 0.182. The molecule has 0 heterocycles. The Kier molecular flexibility index (Phi) is 42.4. The molecule has 2 unspecified atom stereocenters. The van der Waals surface area contributed by atoms with Crippen molar-refractivity contribution in [2.75, 3.05) is 47.5 Å². The molecule has 0 aromatic carbocycles. The first-order chi connectivity index (χ1) is 30.1. The summed E-state index contributed by atoms with van der Waals surface area (Å²) in [5.74, 6) is -2.03. The molecule has 358 valence electrons. The molecule has 62 heavy (non-hydrogen) atoms. The molecular formula is C53H94NO8+. The fraction of sp³-hybridized carbons (Fsp3) is 0.755. The third-order valence-electron chi connectivity index (χ3n) is 10.5. The number of carbonyl (C=O) groups excluding carboxylic acids is 2. The smallest absolute Gasteiger partial charge is 0.361 e. The third kappa shape index (κ3) is 45.0. The molecule has 0 rings (SSSR count). The molecule has 0 aliphatic rings. The highest BCUT2D eigenvalue weighted by molar-refractivity contribution is 5.71. The van der Waals surface area contributed by atoms with Crippen molar-refractivity contribution in [3.63, 3.8) is 0 Å². The molecule has 0 bridgehead atoms. The predicted molar refractivity (Wildman–Crippen MR) is 258 cm³/mol. The highest BCUT2D eigenvalue weighted by atomic mass is 16.7. The topological polar surface area (TPSA) is 108 Å². The maximum atomic E-state index is 12.8. The molecule has 0 aliphatic heterocycles. The lowest BCUT2D eigenvalue weighted by Crippen LogP contribution is -2.40. The number of ether oxygens (including phenoxy) is 4. The minimum atomic E-state index is -1.52. The first-order valence-electron chi connectivity index (χ1n) is 25.0. The van der Waals surface area contributed by atoms with Crippen LogP contribution in [0.1, 0.15) is 200 Å². The van der Waals surface area contributed by atoms with Crippen molar-refractivity contribution < 1.29 is 42.9 Å². The van der Waals surface area contributed by atoms with Gasteiger partial charge in [0.05, 0.1) is 34.4 Å². The number of aliphatic carboxylic acids is 1. The zero-order valence-corrected chi connectivity index (χ0v) is 40.5. The Morgan fingerprint density at radius 2 is 0.919 bits per heavy atom. The Labute approximate surface area is 380 Å². The van der Waals surface area contributed by atoms with Crippen LogP contribution in [-0.4, -0.2) is 87.4 Å². The summed E-state index contributed by atoms with van der Waals surface area (Å²) in [5, 5.41) is 9.66. The minimum Gasteiger partial charge on any atom is -0.477 e. The molecule has 0 aromatic rings. The van der Waals surface area contributed by atoms with E-state index < -0.39 is 24.3 Å². The van der Waals surface area contributed by atoms with Crippen LogP contribution in [0.15, 0.2) is 60.8 Å². The van der Waals surface area contributed by atoms with Crippen molar-refractivity contribution in [1.82, 2.24) is 0 Å². The number of quaternary nitrogens is 1. The van der Waals surface area contributed by atoms with E-state index in [2.05, 4.69) is 74.6 Å². The van der Waals surface area contributed by atoms with Gasteiger partial charge in [-0.25, -0.2) is 4.79 Å². The Bertz CT molecular complexity index is 1200. The van der Waals surface area contributed by atoms with Gasteiger partial charge in [0.25, 0.3) is 6.29 Å². The van der Waals surface area contributed by atoms with Crippen LogP contribution in [0, 0.1) is 0 Å². The molecule has 0 radical (unpaired) electrons. The monoisotopic (exact) mass is 873 g/mol. The number of carboxylic acids is 1. The van der Waals surface area contributed by atoms with Crippen molar-refractivity contribution in [3.05, 3.63) is 60.8 Å². The van der Waals surface area contributed by atoms with Crippen LogP contribution in [-0.2, 0) is 33.3 Å². The second-order valence-corrected chi connectivity index (χ2v) is 17.8. The molecule has 1 N–H and O–H groups in total. The molecule has 0 saturated carbocycles. The quantitative estimate of drug-likeness (QED) is 0.0212. The number of rotatable bonds is 45. The van der Waals surface area contributed by atoms with Gasteiger partial charge in [-0.1, -0.05) is 190 Å². The predicted octanol–water partition coefficient (Wildman–Crippen LogP) is 13.7. The Balaban J connectivity index is 4.41. The standard InChI is InChI=1S/C53H93NO8/c1-6-8-10-12-14-16-18-20-22-24-25-26-27-28-30-32-34-36-38-40-42-44-51(56)62-49(48-61-53(52(57)58)59-46-45-54(3,4)5)47-60-50(55)43-41-39-37-35-33-31-29-23-21-19-17-15-13-11-9-7-2/h8,10,14,16,20,22,25-26,28,30,49,53H,6-7,9,11-13,15,17-19,21,23-24,27,29,31-48H2,1-5H3/p+1/b10-8-,16-14-,22-20-,26-25-,30-28-. The van der Waals surface area contributed by atoms with Crippen molar-refractivity contribution in [3.8, 4) is 0 Å². The van der Waals surface area contributed by atoms with Gasteiger partial charge in [-0.2, -0.15) is 0 Å². The number of esters is 2. The van der Waals surface area contributed by atoms with Crippen LogP contribution in [0.2, 0.25) is 0 Å². The average Bonchev–Trinajstić information content (AvgIpc) is 3.23. The summed E-state index contributed by atoms with van der Waals surface area (Å²) >= 11 is 0. The summed E-state index contributed by atoms with van der Waals surface area (Å²) in [4.78, 5) is 37.2. The van der Waals surface area contributed by atoms with E-state index in [1.165, 1.54) is 83.5 Å². The molecular weight excluding hydrogens is 779 g/mol. The lowest BCUT2D eigenvalue weighted by atomic mass is 10.0. The number of likely N-dealkylation sites (N-methyl/N-ethyl adjacent to an activating group) is 1. The third-order valence-corrected chi connectivity index (χ3v) is 10.5. The first-order valence-corrected chi connectivity index (χ1v) is 25.0. The Hall–Kier alpha value is -3.01. The highest BCUT2D eigenvalue weighted by Gasteiger charge is 2.25. The first kappa shape index (κ1) is 59.0. The zero-order valence-electron chi connectivity index (χ0n) is 40.5. The molecule has 2 atom stereocenters. The molecule has 0 spiro atoms. The fourth-order valence-electron chi connectivity index (χ4n) is 6.69. The molecule has 9 nitrogen and oxygen atoms in total. The zero-order chi connectivity index (χ0) is 45.6. The number of hydrogen-bond acceptors (Lipinski definition) is 7. The maximum Gasteiger partial charge on any atom is 0.361 e. The molecule has 0 aromatic heterocycles. The van der Waals surface area contributed by atoms with Gasteiger partial charge in [0.1, 0.15) is 13.2 Å². The van der Waals surface area contributed by atoms with Crippen molar-refractivity contribution >= 4 is 17.9 Å². The summed E-state index contributed by atoms with van der Waals surface area (Å²) in [6, 6.07) is 0. The van der Waals surface area contributed by atoms with Gasteiger partial charge in [-0.05, 0) is 57.8 Å². The van der Waals surface area contributed by atoms with E-state index in [0.29, 0.717) is 23.9 Å². The summed E-state index contributed by atoms with van der Waals surface area (Å²) in [7, 11) is 5.95. The van der Waals surface area contributed by atoms with E-state index in [1.807, 2.05) is 21.1 Å². The SMILES string of the molecule is CC/C=C\C/C=C\C/C=C\C/C=C\C/C=C\CCCCCCCC(=O)OC(COC(=O)CCCCCCCCCCCCCCCCCC)COC(OCC[N+](C)(C)C)C(=O)O. The van der Waals surface area contributed by atoms with E-state index in [-0.39, 0.29) is 32.2 Å². The number of nitrogens with zero attached hydrogens (tertiary/aromatic N) is 1. The van der Waals surface area contributed by atoms with Crippen molar-refractivity contribution in [2.45, 2.75) is 212 Å². The summed E-state index contributed by atoms with van der Waals surface area (Å²) in [6.07, 6.45) is 51.3. The number of allylic oxidation sites excluding steroid dienone is 10. The van der Waals surface area contributed by atoms with E-state index in [9.17, 15) is 19.5 Å². The van der Waals surface area contributed by atoms with Gasteiger partial charge in [-0.15, -0.1) is 0 Å². The second-order valence-electron chi connectivity index (χ2n) is 17.8. The molecule has 0 aliphatic carbocycles. The highest BCUT2D eigenvalue weighted by Crippen LogP contribution is 2.15. The van der Waals surface area contributed by atoms with Crippen LogP contribution in [0.4, 0.5) is 0 Å². The molecule has 0 fully saturated rings. The van der Waals surface area contributed by atoms with E-state index in [4.69, 9.17) is 18.9 Å². The summed E-state index contributed by atoms with van der Waals surface area (Å²) in [6.45, 7) is 4.74. The van der Waals surface area contributed by atoms with Crippen LogP contribution in [0.3, 0.4) is 0 Å². The maximum absolute atomic E-state index is 12.8. The number of hydrogen-bond donors (Lipinski definition) is 1. The molecule has 0 amide bonds. The number of carbonyl (C=O) groups is 3. The van der Waals surface area contributed by atoms with Gasteiger partial charge in [-0.3, -0.25) is 9.59 Å². The number of unbranched alkanes of at least 4 members (excludes halogenated alkanes) is 20. The molecule has 9 heteroatoms. The van der Waals surface area contributed by atoms with Gasteiger partial charge in [0.2, 0.25) is 0 Å². The van der Waals surface area contributed by atoms with E-state index in [0.717, 1.165) is 83.5 Å². The van der Waals surface area contributed by atoms with Gasteiger partial charge >= 0.3 is 17.9 Å². The van der Waals surface area contributed by atoms with Gasteiger partial charge in [0.15, 0.2) is 6.10 Å². The largest absolute Gasteiger partial charge is 0.477 e. The number of carboxylic acid groups (broad SMARTS) is 1. The normalized spacial score (nSPS) is 13.4. The average molecular weight is 873 g/mol. The van der Waals surface area contributed by atoms with Crippen molar-refractivity contribution in [1.29, 1.82) is 0 Å². The lowest BCUT2D eigenvalue weighted by Gasteiger charge is -2.25. The van der Waals surface area contributed by atoms with Crippen molar-refractivity contribution in [2.24, 2.45) is 0 Å².